The van der Waals surface area contributed by atoms with Crippen molar-refractivity contribution in [2.24, 2.45) is 23.7 Å². The van der Waals surface area contributed by atoms with E-state index in [4.69, 9.17) is 31.2 Å². The second-order valence-corrected chi connectivity index (χ2v) is 15.8. The normalized spacial score (nSPS) is 20.9. The van der Waals surface area contributed by atoms with Crippen LogP contribution >= 0.6 is 34.9 Å². The molecule has 2 fully saturated rings. The smallest absolute Gasteiger partial charge is 0.314 e. The predicted molar refractivity (Wildman–Crippen MR) is 186 cm³/mol. The molecule has 8 nitrogen and oxygen atoms in total. The molecule has 0 N–H and O–H groups in total. The van der Waals surface area contributed by atoms with E-state index in [0.717, 1.165) is 11.1 Å². The van der Waals surface area contributed by atoms with Crippen LogP contribution in [0.5, 0.6) is 23.0 Å². The minimum absolute atomic E-state index is 0.263. The van der Waals surface area contributed by atoms with E-state index in [0.29, 0.717) is 86.9 Å². The van der Waals surface area contributed by atoms with Crippen LogP contribution in [0.2, 0.25) is 0 Å². The fourth-order valence-electron chi connectivity index (χ4n) is 6.19. The lowest BCUT2D eigenvalue weighted by atomic mass is 9.82. The summed E-state index contributed by atoms with van der Waals surface area (Å²) in [4.78, 5) is 51.8. The average molecular weight is 705 g/mol. The van der Waals surface area contributed by atoms with Gasteiger partial charge in [0.25, 0.3) is 0 Å². The molecule has 0 saturated heterocycles. The van der Waals surface area contributed by atoms with Crippen LogP contribution in [0.15, 0.2) is 60.7 Å². The Morgan fingerprint density at radius 1 is 0.500 bits per heavy atom. The number of ether oxygens (including phenoxy) is 4. The fraction of sp³-hybridized carbons (Fsp3) is 0.378. The number of rotatable bonds is 8. The van der Waals surface area contributed by atoms with Crippen molar-refractivity contribution in [1.82, 2.24) is 0 Å². The van der Waals surface area contributed by atoms with E-state index >= 15 is 0 Å². The molecule has 2 aliphatic rings. The van der Waals surface area contributed by atoms with Crippen LogP contribution in [0.3, 0.4) is 0 Å². The topological polar surface area (TPSA) is 105 Å². The van der Waals surface area contributed by atoms with Gasteiger partial charge in [0.15, 0.2) is 0 Å². The average Bonchev–Trinajstić information content (AvgIpc) is 3.50. The van der Waals surface area contributed by atoms with Gasteiger partial charge in [-0.25, -0.2) is 0 Å². The summed E-state index contributed by atoms with van der Waals surface area (Å²) in [6, 6.07) is 18.0. The molecule has 3 aromatic carbocycles. The molecular formula is C37H36O8S3. The summed E-state index contributed by atoms with van der Waals surface area (Å²) in [7, 11) is 0. The van der Waals surface area contributed by atoms with E-state index in [-0.39, 0.29) is 47.5 Å². The number of esters is 4. The molecule has 1 aromatic heterocycles. The lowest BCUT2D eigenvalue weighted by molar-refractivity contribution is -0.145. The zero-order chi connectivity index (χ0) is 33.8. The third-order valence-corrected chi connectivity index (χ3v) is 11.8. The highest BCUT2D eigenvalue weighted by Gasteiger charge is 2.34. The Kier molecular flexibility index (Phi) is 10.7. The van der Waals surface area contributed by atoms with E-state index in [1.54, 1.807) is 36.4 Å². The molecule has 48 heavy (non-hydrogen) atoms. The summed E-state index contributed by atoms with van der Waals surface area (Å²) in [6.45, 7) is 3.94. The zero-order valence-electron chi connectivity index (χ0n) is 26.7. The minimum atomic E-state index is -0.353. The first-order chi connectivity index (χ1) is 23.1. The lowest BCUT2D eigenvalue weighted by Crippen LogP contribution is -2.30. The van der Waals surface area contributed by atoms with E-state index in [1.807, 2.05) is 38.1 Å². The van der Waals surface area contributed by atoms with Crippen molar-refractivity contribution in [3.8, 4) is 23.0 Å². The van der Waals surface area contributed by atoms with Gasteiger partial charge in [0.05, 0.1) is 33.1 Å². The minimum Gasteiger partial charge on any atom is -0.426 e. The molecule has 250 valence electrons. The van der Waals surface area contributed by atoms with Gasteiger partial charge in [0.1, 0.15) is 26.1 Å². The Morgan fingerprint density at radius 2 is 0.792 bits per heavy atom. The Labute approximate surface area is 292 Å². The van der Waals surface area contributed by atoms with Gasteiger partial charge in [-0.05, 0) is 102 Å². The Hall–Kier alpha value is -3.93. The first kappa shape index (κ1) is 34.0. The summed E-state index contributed by atoms with van der Waals surface area (Å²) < 4.78 is 24.8. The predicted octanol–water partition coefficient (Wildman–Crippen LogP) is 8.94. The van der Waals surface area contributed by atoms with Gasteiger partial charge in [-0.1, -0.05) is 47.6 Å². The molecule has 0 amide bonds. The van der Waals surface area contributed by atoms with Gasteiger partial charge in [-0.15, -0.1) is 22.7 Å². The number of carbonyl (C=O) groups is 4. The van der Waals surface area contributed by atoms with Crippen molar-refractivity contribution in [3.05, 3.63) is 74.9 Å². The molecule has 4 aromatic rings. The lowest BCUT2D eigenvalue weighted by Gasteiger charge is -2.26. The molecule has 0 spiro atoms. The standard InChI is InChI=1S/C37H36O8S3/c1-21-3-15-27(16-4-21)42-33(38)23-7-11-25(12-8-23)35(40)44-29-19-20-30(32-31(29)47-37(46)48-32)45-36(41)26-13-9-24(10-14-26)34(39)43-28-17-5-22(2)6-18-28/h3-6,15-20,23-26H,7-14H2,1-2H3. The van der Waals surface area contributed by atoms with Crippen molar-refractivity contribution < 1.29 is 38.1 Å². The van der Waals surface area contributed by atoms with E-state index in [9.17, 15) is 19.2 Å². The van der Waals surface area contributed by atoms with Gasteiger partial charge < -0.3 is 18.9 Å². The molecule has 0 radical (unpaired) electrons. The number of carbonyl (C=O) groups excluding carboxylic acids is 4. The number of benzene rings is 3. The van der Waals surface area contributed by atoms with E-state index in [2.05, 4.69) is 0 Å². The molecule has 6 rings (SSSR count). The number of aryl methyl sites for hydroxylation is 2. The number of fused-ring (bicyclic) bond motifs is 1. The summed E-state index contributed by atoms with van der Waals surface area (Å²) in [5.41, 5.74) is 2.17. The summed E-state index contributed by atoms with van der Waals surface area (Å²) >= 11 is 8.07. The second-order valence-electron chi connectivity index (χ2n) is 12.6. The molecule has 0 aliphatic heterocycles. The van der Waals surface area contributed by atoms with Gasteiger partial charge >= 0.3 is 23.9 Å². The van der Waals surface area contributed by atoms with Gasteiger partial charge in [0.2, 0.25) is 0 Å². The zero-order valence-corrected chi connectivity index (χ0v) is 29.2. The third-order valence-electron chi connectivity index (χ3n) is 9.10. The molecule has 0 unspecified atom stereocenters. The maximum Gasteiger partial charge on any atom is 0.314 e. The van der Waals surface area contributed by atoms with E-state index in [1.165, 1.54) is 22.7 Å². The van der Waals surface area contributed by atoms with Crippen LogP contribution in [-0.2, 0) is 19.2 Å². The van der Waals surface area contributed by atoms with Crippen molar-refractivity contribution in [3.63, 3.8) is 0 Å². The maximum absolute atomic E-state index is 13.2. The highest BCUT2D eigenvalue weighted by Crippen LogP contribution is 2.43. The second kappa shape index (κ2) is 15.1. The van der Waals surface area contributed by atoms with Crippen LogP contribution in [0, 0.1) is 40.7 Å². The number of hydrogen-bond donors (Lipinski definition) is 0. The number of hydrogen-bond acceptors (Lipinski definition) is 11. The summed E-state index contributed by atoms with van der Waals surface area (Å²) in [5.74, 6) is -0.662. The van der Waals surface area contributed by atoms with Gasteiger partial charge in [-0.2, -0.15) is 0 Å². The SMILES string of the molecule is Cc1ccc(OC(=O)C2CCC(C(=O)Oc3ccc(OC(=O)C4CCC(C(=O)Oc5ccc(C)cc5)CC4)c4sc(=S)sc34)CC2)cc1. The molecule has 11 heteroatoms. The third kappa shape index (κ3) is 8.19. The van der Waals surface area contributed by atoms with Crippen LogP contribution in [-0.4, -0.2) is 23.9 Å². The first-order valence-electron chi connectivity index (χ1n) is 16.2. The van der Waals surface area contributed by atoms with E-state index < -0.39 is 0 Å². The largest absolute Gasteiger partial charge is 0.426 e. The molecular weight excluding hydrogens is 669 g/mol. The first-order valence-corrected chi connectivity index (χ1v) is 18.2. The van der Waals surface area contributed by atoms with Gasteiger partial charge in [-0.3, -0.25) is 19.2 Å². The summed E-state index contributed by atoms with van der Waals surface area (Å²) in [6.07, 6.45) is 4.27. The Balaban J connectivity index is 1.02. The van der Waals surface area contributed by atoms with Crippen LogP contribution in [0.25, 0.3) is 9.40 Å². The van der Waals surface area contributed by atoms with Crippen LogP contribution in [0.4, 0.5) is 0 Å². The highest BCUT2D eigenvalue weighted by atomic mass is 32.2. The van der Waals surface area contributed by atoms with Crippen molar-refractivity contribution in [2.45, 2.75) is 65.2 Å². The summed E-state index contributed by atoms with van der Waals surface area (Å²) in [5, 5.41) is 0. The quantitative estimate of drug-likeness (QED) is 0.101. The Morgan fingerprint density at radius 3 is 1.10 bits per heavy atom. The molecule has 0 bridgehead atoms. The van der Waals surface area contributed by atoms with Crippen molar-refractivity contribution in [2.75, 3.05) is 0 Å². The van der Waals surface area contributed by atoms with Crippen molar-refractivity contribution >= 4 is 68.2 Å². The maximum atomic E-state index is 13.2. The van der Waals surface area contributed by atoms with Gasteiger partial charge in [0, 0.05) is 0 Å². The molecule has 0 atom stereocenters. The van der Waals surface area contributed by atoms with Crippen LogP contribution < -0.4 is 18.9 Å². The van der Waals surface area contributed by atoms with Crippen LogP contribution in [0.1, 0.15) is 62.5 Å². The molecule has 1 heterocycles. The molecule has 2 aliphatic carbocycles. The Bertz CT molecular complexity index is 1730. The molecule has 2 saturated carbocycles. The highest BCUT2D eigenvalue weighted by molar-refractivity contribution is 7.77. The monoisotopic (exact) mass is 704 g/mol. The van der Waals surface area contributed by atoms with Crippen molar-refractivity contribution in [1.29, 1.82) is 0 Å². The fourth-order valence-corrected chi connectivity index (χ4v) is 8.75.